The van der Waals surface area contributed by atoms with Crippen LogP contribution in [0, 0.1) is 17.1 Å². The zero-order chi connectivity index (χ0) is 14.5. The van der Waals surface area contributed by atoms with E-state index in [0.717, 1.165) is 0 Å². The van der Waals surface area contributed by atoms with Gasteiger partial charge in [0.05, 0.1) is 18.4 Å². The van der Waals surface area contributed by atoms with E-state index in [1.165, 1.54) is 19.2 Å². The van der Waals surface area contributed by atoms with Gasteiger partial charge in [-0.05, 0) is 30.3 Å². The second-order valence-corrected chi connectivity index (χ2v) is 3.97. The lowest BCUT2D eigenvalue weighted by Gasteiger charge is -2.09. The first-order chi connectivity index (χ1) is 9.65. The molecule has 2 aromatic carbocycles. The van der Waals surface area contributed by atoms with Gasteiger partial charge in [0, 0.05) is 5.69 Å². The van der Waals surface area contributed by atoms with Crippen LogP contribution in [0.15, 0.2) is 42.5 Å². The van der Waals surface area contributed by atoms with Gasteiger partial charge in [-0.15, -0.1) is 0 Å². The molecule has 0 amide bonds. The molecule has 0 fully saturated rings. The number of esters is 1. The summed E-state index contributed by atoms with van der Waals surface area (Å²) in [5.74, 6) is -1.06. The number of hydrogen-bond acceptors (Lipinski definition) is 4. The fourth-order valence-corrected chi connectivity index (χ4v) is 1.74. The highest BCUT2D eigenvalue weighted by molar-refractivity contribution is 5.90. The van der Waals surface area contributed by atoms with Crippen LogP contribution >= 0.6 is 0 Å². The summed E-state index contributed by atoms with van der Waals surface area (Å²) in [7, 11) is 1.29. The van der Waals surface area contributed by atoms with Gasteiger partial charge in [-0.2, -0.15) is 5.26 Å². The average molecular weight is 270 g/mol. The summed E-state index contributed by atoms with van der Waals surface area (Å²) < 4.78 is 18.1. The lowest BCUT2D eigenvalue weighted by atomic mass is 10.1. The van der Waals surface area contributed by atoms with Crippen molar-refractivity contribution < 1.29 is 13.9 Å². The van der Waals surface area contributed by atoms with Crippen LogP contribution in [-0.4, -0.2) is 13.1 Å². The Morgan fingerprint density at radius 2 is 2.05 bits per heavy atom. The maximum Gasteiger partial charge on any atom is 0.337 e. The number of halogens is 1. The highest BCUT2D eigenvalue weighted by Gasteiger charge is 2.09. The van der Waals surface area contributed by atoms with Crippen molar-refractivity contribution in [1.82, 2.24) is 0 Å². The Labute approximate surface area is 115 Å². The molecule has 0 aliphatic heterocycles. The Kier molecular flexibility index (Phi) is 3.96. The molecule has 0 unspecified atom stereocenters. The van der Waals surface area contributed by atoms with E-state index in [-0.39, 0.29) is 5.56 Å². The molecule has 0 saturated heterocycles. The smallest absolute Gasteiger partial charge is 0.337 e. The molecule has 0 aromatic heterocycles. The van der Waals surface area contributed by atoms with E-state index in [4.69, 9.17) is 5.26 Å². The van der Waals surface area contributed by atoms with E-state index >= 15 is 0 Å². The normalized spacial score (nSPS) is 9.65. The van der Waals surface area contributed by atoms with Crippen molar-refractivity contribution in [2.45, 2.75) is 0 Å². The van der Waals surface area contributed by atoms with Gasteiger partial charge in [0.2, 0.25) is 0 Å². The molecule has 4 nitrogen and oxygen atoms in total. The monoisotopic (exact) mass is 270 g/mol. The number of methoxy groups -OCH3 is 1. The minimum atomic E-state index is -0.596. The Hall–Kier alpha value is -2.87. The fraction of sp³-hybridized carbons (Fsp3) is 0.0667. The third-order valence-electron chi connectivity index (χ3n) is 2.69. The molecule has 20 heavy (non-hydrogen) atoms. The lowest BCUT2D eigenvalue weighted by molar-refractivity contribution is 0.0601. The lowest BCUT2D eigenvalue weighted by Crippen LogP contribution is -2.02. The average Bonchev–Trinajstić information content (AvgIpc) is 2.47. The summed E-state index contributed by atoms with van der Waals surface area (Å²) in [4.78, 5) is 11.4. The number of ether oxygens (including phenoxy) is 1. The van der Waals surface area contributed by atoms with Gasteiger partial charge in [-0.1, -0.05) is 12.1 Å². The summed E-state index contributed by atoms with van der Waals surface area (Å²) in [5, 5.41) is 11.9. The number of benzene rings is 2. The van der Waals surface area contributed by atoms with Gasteiger partial charge >= 0.3 is 5.97 Å². The fourth-order valence-electron chi connectivity index (χ4n) is 1.74. The Balaban J connectivity index is 2.34. The maximum absolute atomic E-state index is 13.5. The van der Waals surface area contributed by atoms with Gasteiger partial charge in [0.1, 0.15) is 17.4 Å². The first kappa shape index (κ1) is 13.6. The van der Waals surface area contributed by atoms with Crippen LogP contribution in [0.1, 0.15) is 15.9 Å². The molecule has 0 atom stereocenters. The maximum atomic E-state index is 13.5. The number of nitrogens with one attached hydrogen (secondary N) is 1. The van der Waals surface area contributed by atoms with Crippen molar-refractivity contribution in [2.75, 3.05) is 12.4 Å². The van der Waals surface area contributed by atoms with Crippen LogP contribution in [0.3, 0.4) is 0 Å². The molecular weight excluding hydrogens is 259 g/mol. The van der Waals surface area contributed by atoms with Gasteiger partial charge in [0.25, 0.3) is 0 Å². The van der Waals surface area contributed by atoms with Gasteiger partial charge in [-0.25, -0.2) is 9.18 Å². The summed E-state index contributed by atoms with van der Waals surface area (Å²) in [6.07, 6.45) is 0. The molecule has 100 valence electrons. The molecule has 2 rings (SSSR count). The number of carbonyl (C=O) groups is 1. The SMILES string of the molecule is COC(=O)c1cccc(Nc2cccc(F)c2C#N)c1. The summed E-state index contributed by atoms with van der Waals surface area (Å²) in [5.41, 5.74) is 1.20. The van der Waals surface area contributed by atoms with E-state index < -0.39 is 11.8 Å². The molecule has 0 saturated carbocycles. The topological polar surface area (TPSA) is 62.1 Å². The largest absolute Gasteiger partial charge is 0.465 e. The number of nitriles is 1. The minimum absolute atomic E-state index is 0.0732. The van der Waals surface area contributed by atoms with Crippen LogP contribution in [0.2, 0.25) is 0 Å². The first-order valence-electron chi connectivity index (χ1n) is 5.79. The van der Waals surface area contributed by atoms with Crippen LogP contribution in [-0.2, 0) is 4.74 Å². The zero-order valence-electron chi connectivity index (χ0n) is 10.7. The second-order valence-electron chi connectivity index (χ2n) is 3.97. The first-order valence-corrected chi connectivity index (χ1v) is 5.79. The van der Waals surface area contributed by atoms with E-state index in [1.807, 2.05) is 0 Å². The molecule has 0 bridgehead atoms. The van der Waals surface area contributed by atoms with Crippen LogP contribution in [0.4, 0.5) is 15.8 Å². The second kappa shape index (κ2) is 5.85. The van der Waals surface area contributed by atoms with Gasteiger partial charge in [-0.3, -0.25) is 0 Å². The number of carbonyl (C=O) groups excluding carboxylic acids is 1. The third-order valence-corrected chi connectivity index (χ3v) is 2.69. The van der Waals surface area contributed by atoms with E-state index in [1.54, 1.807) is 36.4 Å². The van der Waals surface area contributed by atoms with Crippen molar-refractivity contribution in [1.29, 1.82) is 5.26 Å². The van der Waals surface area contributed by atoms with Crippen molar-refractivity contribution in [3.63, 3.8) is 0 Å². The highest BCUT2D eigenvalue weighted by Crippen LogP contribution is 2.23. The summed E-state index contributed by atoms with van der Waals surface area (Å²) >= 11 is 0. The van der Waals surface area contributed by atoms with Gasteiger partial charge < -0.3 is 10.1 Å². The number of rotatable bonds is 3. The van der Waals surface area contributed by atoms with Crippen molar-refractivity contribution in [2.24, 2.45) is 0 Å². The minimum Gasteiger partial charge on any atom is -0.465 e. The molecule has 0 aliphatic carbocycles. The molecule has 5 heteroatoms. The highest BCUT2D eigenvalue weighted by atomic mass is 19.1. The Bertz CT molecular complexity index is 693. The quantitative estimate of drug-likeness (QED) is 0.870. The Morgan fingerprint density at radius 1 is 1.30 bits per heavy atom. The predicted octanol–water partition coefficient (Wildman–Crippen LogP) is 3.23. The Morgan fingerprint density at radius 3 is 2.75 bits per heavy atom. The van der Waals surface area contributed by atoms with E-state index in [2.05, 4.69) is 10.1 Å². The standard InChI is InChI=1S/C15H11FN2O2/c1-20-15(19)10-4-2-5-11(8-10)18-14-7-3-6-13(16)12(14)9-17/h2-8,18H,1H3. The summed E-state index contributed by atoms with van der Waals surface area (Å²) in [6.45, 7) is 0. The van der Waals surface area contributed by atoms with Crippen LogP contribution in [0.5, 0.6) is 0 Å². The van der Waals surface area contributed by atoms with Gasteiger partial charge in [0.15, 0.2) is 0 Å². The summed E-state index contributed by atoms with van der Waals surface area (Å²) in [6, 6.07) is 12.7. The third kappa shape index (κ3) is 2.75. The molecule has 0 aliphatic rings. The van der Waals surface area contributed by atoms with Crippen molar-refractivity contribution >= 4 is 17.3 Å². The molecular formula is C15H11FN2O2. The van der Waals surface area contributed by atoms with Crippen LogP contribution < -0.4 is 5.32 Å². The zero-order valence-corrected chi connectivity index (χ0v) is 10.7. The molecule has 2 aromatic rings. The van der Waals surface area contributed by atoms with Crippen LogP contribution in [0.25, 0.3) is 0 Å². The van der Waals surface area contributed by atoms with E-state index in [0.29, 0.717) is 16.9 Å². The number of anilines is 2. The molecule has 1 N–H and O–H groups in total. The number of nitrogens with zero attached hydrogens (tertiary/aromatic N) is 1. The van der Waals surface area contributed by atoms with E-state index in [9.17, 15) is 9.18 Å². The van der Waals surface area contributed by atoms with Crippen molar-refractivity contribution in [3.8, 4) is 6.07 Å². The molecule has 0 spiro atoms. The number of hydrogen-bond donors (Lipinski definition) is 1. The molecule has 0 radical (unpaired) electrons. The predicted molar refractivity (Wildman–Crippen MR) is 72.2 cm³/mol. The molecule has 0 heterocycles. The van der Waals surface area contributed by atoms with Crippen molar-refractivity contribution in [3.05, 3.63) is 59.4 Å².